The molecule has 0 N–H and O–H groups in total. The summed E-state index contributed by atoms with van der Waals surface area (Å²) in [4.78, 5) is 15.2. The average molecular weight is 362 g/mol. The van der Waals surface area contributed by atoms with Crippen molar-refractivity contribution in [2.75, 3.05) is 12.3 Å². The summed E-state index contributed by atoms with van der Waals surface area (Å²) < 4.78 is 0. The monoisotopic (exact) mass is 361 g/mol. The Kier molecular flexibility index (Phi) is 4.73. The molecule has 0 spiro atoms. The molecule has 132 valence electrons. The first-order valence-corrected chi connectivity index (χ1v) is 10.2. The molecule has 0 saturated carbocycles. The molecule has 1 heterocycles. The lowest BCUT2D eigenvalue weighted by Gasteiger charge is -2.24. The van der Waals surface area contributed by atoms with E-state index in [2.05, 4.69) is 50.2 Å². The van der Waals surface area contributed by atoms with Gasteiger partial charge in [-0.2, -0.15) is 0 Å². The molecule has 3 aromatic carbocycles. The quantitative estimate of drug-likeness (QED) is 0.583. The number of thioether (sulfide) groups is 1. The first-order valence-electron chi connectivity index (χ1n) is 9.15. The van der Waals surface area contributed by atoms with E-state index in [9.17, 15) is 4.79 Å². The second-order valence-corrected chi connectivity index (χ2v) is 8.29. The van der Waals surface area contributed by atoms with Crippen LogP contribution in [0.5, 0.6) is 0 Å². The summed E-state index contributed by atoms with van der Waals surface area (Å²) in [6.45, 7) is 5.21. The third-order valence-electron chi connectivity index (χ3n) is 5.04. The fourth-order valence-corrected chi connectivity index (χ4v) is 4.74. The summed E-state index contributed by atoms with van der Waals surface area (Å²) in [5.74, 6) is 1.63. The third-order valence-corrected chi connectivity index (χ3v) is 6.30. The molecule has 1 amide bonds. The molecule has 0 radical (unpaired) electrons. The highest BCUT2D eigenvalue weighted by Gasteiger charge is 2.31. The number of hydrogen-bond acceptors (Lipinski definition) is 2. The van der Waals surface area contributed by atoms with Crippen LogP contribution in [0.3, 0.4) is 0 Å². The minimum atomic E-state index is 0.107. The molecular weight excluding hydrogens is 338 g/mol. The zero-order valence-corrected chi connectivity index (χ0v) is 16.0. The Balaban J connectivity index is 1.61. The van der Waals surface area contributed by atoms with Gasteiger partial charge in [-0.05, 0) is 39.9 Å². The second-order valence-electron chi connectivity index (χ2n) is 7.10. The predicted molar refractivity (Wildman–Crippen MR) is 111 cm³/mol. The topological polar surface area (TPSA) is 20.3 Å². The van der Waals surface area contributed by atoms with E-state index in [1.165, 1.54) is 16.5 Å². The maximum atomic E-state index is 13.2. The first-order chi connectivity index (χ1) is 12.6. The van der Waals surface area contributed by atoms with Gasteiger partial charge in [-0.3, -0.25) is 4.79 Å². The lowest BCUT2D eigenvalue weighted by Crippen LogP contribution is -2.30. The van der Waals surface area contributed by atoms with E-state index in [0.717, 1.165) is 23.2 Å². The van der Waals surface area contributed by atoms with Gasteiger partial charge in [0, 0.05) is 17.9 Å². The highest BCUT2D eigenvalue weighted by Crippen LogP contribution is 2.39. The van der Waals surface area contributed by atoms with E-state index in [1.807, 2.05) is 47.0 Å². The van der Waals surface area contributed by atoms with Gasteiger partial charge in [-0.25, -0.2) is 0 Å². The van der Waals surface area contributed by atoms with Gasteiger partial charge in [0.1, 0.15) is 5.37 Å². The van der Waals surface area contributed by atoms with Gasteiger partial charge in [0.05, 0.1) is 0 Å². The number of hydrogen-bond donors (Lipinski definition) is 0. The largest absolute Gasteiger partial charge is 0.322 e. The Morgan fingerprint density at radius 1 is 1.00 bits per heavy atom. The summed E-state index contributed by atoms with van der Waals surface area (Å²) >= 11 is 1.85. The van der Waals surface area contributed by atoms with Gasteiger partial charge in [0.15, 0.2) is 0 Å². The molecule has 4 rings (SSSR count). The van der Waals surface area contributed by atoms with Gasteiger partial charge >= 0.3 is 0 Å². The van der Waals surface area contributed by atoms with Crippen LogP contribution in [0, 0.1) is 0 Å². The van der Waals surface area contributed by atoms with Crippen molar-refractivity contribution < 1.29 is 4.79 Å². The zero-order valence-electron chi connectivity index (χ0n) is 15.2. The van der Waals surface area contributed by atoms with E-state index < -0.39 is 0 Å². The van der Waals surface area contributed by atoms with Gasteiger partial charge in [-0.15, -0.1) is 11.8 Å². The lowest BCUT2D eigenvalue weighted by atomic mass is 10.0. The Morgan fingerprint density at radius 2 is 1.73 bits per heavy atom. The molecule has 3 aromatic rings. The van der Waals surface area contributed by atoms with Crippen molar-refractivity contribution in [2.45, 2.75) is 25.1 Å². The highest BCUT2D eigenvalue weighted by atomic mass is 32.2. The van der Waals surface area contributed by atoms with Crippen LogP contribution in [0.4, 0.5) is 0 Å². The van der Waals surface area contributed by atoms with Gasteiger partial charge in [0.2, 0.25) is 0 Å². The second kappa shape index (κ2) is 7.16. The minimum absolute atomic E-state index is 0.107. The van der Waals surface area contributed by atoms with Crippen LogP contribution in [-0.4, -0.2) is 23.1 Å². The summed E-state index contributed by atoms with van der Waals surface area (Å²) in [5.41, 5.74) is 3.32. The van der Waals surface area contributed by atoms with Crippen molar-refractivity contribution in [1.82, 2.24) is 4.90 Å². The van der Waals surface area contributed by atoms with Crippen molar-refractivity contribution in [2.24, 2.45) is 0 Å². The van der Waals surface area contributed by atoms with E-state index in [1.54, 1.807) is 0 Å². The summed E-state index contributed by atoms with van der Waals surface area (Å²) in [6.07, 6.45) is 0. The van der Waals surface area contributed by atoms with Gasteiger partial charge in [0.25, 0.3) is 5.91 Å². The van der Waals surface area contributed by atoms with Crippen LogP contribution in [-0.2, 0) is 0 Å². The summed E-state index contributed by atoms with van der Waals surface area (Å²) in [6, 6.07) is 22.9. The molecule has 3 heteroatoms. The van der Waals surface area contributed by atoms with Crippen LogP contribution in [0.1, 0.15) is 46.6 Å². The standard InChI is InChI=1S/C23H23NOS/c1-16(2)17-7-10-19(11-8-17)23-24(13-14-26-23)22(25)21-12-9-18-5-3-4-6-20(18)15-21/h3-12,15-16,23H,13-14H2,1-2H3. The maximum Gasteiger partial charge on any atom is 0.255 e. The van der Waals surface area contributed by atoms with Gasteiger partial charge < -0.3 is 4.90 Å². The maximum absolute atomic E-state index is 13.2. The molecule has 0 aromatic heterocycles. The van der Waals surface area contributed by atoms with E-state index >= 15 is 0 Å². The smallest absolute Gasteiger partial charge is 0.255 e. The van der Waals surface area contributed by atoms with Crippen LogP contribution >= 0.6 is 11.8 Å². The van der Waals surface area contributed by atoms with E-state index in [-0.39, 0.29) is 11.3 Å². The first kappa shape index (κ1) is 17.2. The SMILES string of the molecule is CC(C)c1ccc(C2SCCN2C(=O)c2ccc3ccccc3c2)cc1. The van der Waals surface area contributed by atoms with Crippen LogP contribution < -0.4 is 0 Å². The molecule has 2 nitrogen and oxygen atoms in total. The molecule has 1 aliphatic rings. The Hall–Kier alpha value is -2.26. The van der Waals surface area contributed by atoms with Gasteiger partial charge in [-0.1, -0.05) is 68.4 Å². The molecule has 1 aliphatic heterocycles. The third kappa shape index (κ3) is 3.24. The van der Waals surface area contributed by atoms with Crippen molar-refractivity contribution in [3.8, 4) is 0 Å². The minimum Gasteiger partial charge on any atom is -0.322 e. The number of fused-ring (bicyclic) bond motifs is 1. The number of amides is 1. The number of carbonyl (C=O) groups is 1. The average Bonchev–Trinajstić information content (AvgIpc) is 3.17. The molecule has 1 atom stereocenters. The van der Waals surface area contributed by atoms with Crippen LogP contribution in [0.15, 0.2) is 66.7 Å². The number of benzene rings is 3. The van der Waals surface area contributed by atoms with Crippen molar-refractivity contribution in [3.05, 3.63) is 83.4 Å². The fourth-order valence-electron chi connectivity index (χ4n) is 3.49. The van der Waals surface area contributed by atoms with Crippen molar-refractivity contribution >= 4 is 28.4 Å². The molecule has 1 unspecified atom stereocenters. The summed E-state index contributed by atoms with van der Waals surface area (Å²) in [7, 11) is 0. The van der Waals surface area contributed by atoms with E-state index in [4.69, 9.17) is 0 Å². The summed E-state index contributed by atoms with van der Waals surface area (Å²) in [5, 5.41) is 2.39. The number of nitrogens with zero attached hydrogens (tertiary/aromatic N) is 1. The Bertz CT molecular complexity index is 932. The Morgan fingerprint density at radius 3 is 2.46 bits per heavy atom. The van der Waals surface area contributed by atoms with E-state index in [0.29, 0.717) is 5.92 Å². The zero-order chi connectivity index (χ0) is 18.1. The normalized spacial score (nSPS) is 17.2. The molecule has 26 heavy (non-hydrogen) atoms. The number of carbonyl (C=O) groups excluding carboxylic acids is 1. The number of rotatable bonds is 3. The van der Waals surface area contributed by atoms with Crippen molar-refractivity contribution in [1.29, 1.82) is 0 Å². The lowest BCUT2D eigenvalue weighted by molar-refractivity contribution is 0.0760. The molecule has 1 saturated heterocycles. The Labute approximate surface area is 159 Å². The van der Waals surface area contributed by atoms with Crippen LogP contribution in [0.2, 0.25) is 0 Å². The highest BCUT2D eigenvalue weighted by molar-refractivity contribution is 7.99. The predicted octanol–water partition coefficient (Wildman–Crippen LogP) is 5.85. The van der Waals surface area contributed by atoms with Crippen LogP contribution in [0.25, 0.3) is 10.8 Å². The molecule has 0 aliphatic carbocycles. The molecule has 1 fully saturated rings. The fraction of sp³-hybridized carbons (Fsp3) is 0.261. The molecule has 0 bridgehead atoms. The molecular formula is C23H23NOS. The van der Waals surface area contributed by atoms with Crippen molar-refractivity contribution in [3.63, 3.8) is 0 Å².